The van der Waals surface area contributed by atoms with Crippen LogP contribution in [0.3, 0.4) is 0 Å². The third-order valence-electron chi connectivity index (χ3n) is 5.96. The van der Waals surface area contributed by atoms with Crippen molar-refractivity contribution in [2.45, 2.75) is 38.3 Å². The summed E-state index contributed by atoms with van der Waals surface area (Å²) in [5.41, 5.74) is 2.74. The molecule has 3 N–H and O–H groups in total. The Morgan fingerprint density at radius 3 is 2.65 bits per heavy atom. The molecule has 0 bridgehead atoms. The number of urea groups is 1. The van der Waals surface area contributed by atoms with Crippen molar-refractivity contribution >= 4 is 28.7 Å². The van der Waals surface area contributed by atoms with Gasteiger partial charge in [0.1, 0.15) is 0 Å². The maximum Gasteiger partial charge on any atom is 0.432 e. The number of hydrogen-bond donors (Lipinski definition) is 3. The molecule has 2 heterocycles. The lowest BCUT2D eigenvalue weighted by atomic mass is 9.91. The molecule has 1 fully saturated rings. The minimum absolute atomic E-state index is 0.133. The number of aromatic nitrogens is 2. The number of likely N-dealkylation sites (tertiary alicyclic amines) is 1. The van der Waals surface area contributed by atoms with Gasteiger partial charge in [-0.15, -0.1) is 0 Å². The van der Waals surface area contributed by atoms with Gasteiger partial charge in [0.25, 0.3) is 0 Å². The fraction of sp³-hybridized carbons (Fsp3) is 0.348. The molecule has 2 atom stereocenters. The van der Waals surface area contributed by atoms with Gasteiger partial charge in [-0.05, 0) is 57.1 Å². The zero-order valence-electron chi connectivity index (χ0n) is 17.7. The summed E-state index contributed by atoms with van der Waals surface area (Å²) < 4.78 is 0.943. The zero-order valence-corrected chi connectivity index (χ0v) is 17.7. The Morgan fingerprint density at radius 2 is 1.94 bits per heavy atom. The molecule has 2 unspecified atom stereocenters. The summed E-state index contributed by atoms with van der Waals surface area (Å²) in [7, 11) is 2.11. The van der Waals surface area contributed by atoms with Crippen LogP contribution in [0.2, 0.25) is 0 Å². The average Bonchev–Trinajstić information content (AvgIpc) is 3.10. The number of hydrogen-bond acceptors (Lipinski definition) is 4. The third kappa shape index (κ3) is 4.39. The van der Waals surface area contributed by atoms with Crippen molar-refractivity contribution in [3.05, 3.63) is 59.8 Å². The maximum absolute atomic E-state index is 12.9. The lowest BCUT2D eigenvalue weighted by Gasteiger charge is -2.38. The van der Waals surface area contributed by atoms with Crippen LogP contribution in [0.15, 0.2) is 48.5 Å². The Bertz CT molecular complexity index is 1100. The van der Waals surface area contributed by atoms with E-state index in [4.69, 9.17) is 0 Å². The second kappa shape index (κ2) is 8.77. The molecule has 2 amide bonds. The molecule has 8 nitrogen and oxygen atoms in total. The highest BCUT2D eigenvalue weighted by Gasteiger charge is 2.30. The van der Waals surface area contributed by atoms with Gasteiger partial charge in [0, 0.05) is 17.1 Å². The standard InChI is InChI=1S/C23H27N5O3/c1-15-18-14-17(11-12-19(18)28(26-15)23(30)31)24-22(29)25-21(16-8-4-3-5-9-16)20-10-6-7-13-27(20)2/h3-5,8-9,11-12,14,20-21H,6-7,10,13H2,1-2H3,(H,30,31)(H2,24,25,29). The summed E-state index contributed by atoms with van der Waals surface area (Å²) >= 11 is 0. The van der Waals surface area contributed by atoms with Gasteiger partial charge in [-0.3, -0.25) is 0 Å². The van der Waals surface area contributed by atoms with Gasteiger partial charge in [0.05, 0.1) is 17.3 Å². The average molecular weight is 422 g/mol. The first-order valence-electron chi connectivity index (χ1n) is 10.5. The highest BCUT2D eigenvalue weighted by Crippen LogP contribution is 2.28. The first kappa shape index (κ1) is 20.9. The van der Waals surface area contributed by atoms with E-state index in [0.29, 0.717) is 22.3 Å². The number of nitrogens with one attached hydrogen (secondary N) is 2. The van der Waals surface area contributed by atoms with Crippen LogP contribution >= 0.6 is 0 Å². The normalized spacial score (nSPS) is 17.9. The number of rotatable bonds is 4. The Labute approximate surface area is 180 Å². The van der Waals surface area contributed by atoms with Crippen LogP contribution in [0, 0.1) is 6.92 Å². The van der Waals surface area contributed by atoms with Crippen molar-refractivity contribution in [1.82, 2.24) is 20.0 Å². The molecule has 1 aliphatic heterocycles. The molecule has 1 aliphatic rings. The van der Waals surface area contributed by atoms with E-state index >= 15 is 0 Å². The molecule has 1 saturated heterocycles. The summed E-state index contributed by atoms with van der Waals surface area (Å²) in [4.78, 5) is 26.6. The van der Waals surface area contributed by atoms with E-state index in [0.717, 1.165) is 29.6 Å². The second-order valence-corrected chi connectivity index (χ2v) is 8.04. The van der Waals surface area contributed by atoms with Crippen LogP contribution in [-0.2, 0) is 0 Å². The fourth-order valence-electron chi connectivity index (χ4n) is 4.38. The number of nitrogens with zero attached hydrogens (tertiary/aromatic N) is 3. The molecule has 0 radical (unpaired) electrons. The largest absolute Gasteiger partial charge is 0.463 e. The maximum atomic E-state index is 12.9. The summed E-state index contributed by atoms with van der Waals surface area (Å²) in [5.74, 6) is 0. The molecule has 162 valence electrons. The molecule has 2 aromatic carbocycles. The first-order chi connectivity index (χ1) is 14.9. The number of fused-ring (bicyclic) bond motifs is 1. The second-order valence-electron chi connectivity index (χ2n) is 8.04. The molecule has 8 heteroatoms. The van der Waals surface area contributed by atoms with Gasteiger partial charge < -0.3 is 20.6 Å². The Morgan fingerprint density at radius 1 is 1.16 bits per heavy atom. The van der Waals surface area contributed by atoms with E-state index in [1.54, 1.807) is 25.1 Å². The van der Waals surface area contributed by atoms with Crippen LogP contribution in [0.5, 0.6) is 0 Å². The van der Waals surface area contributed by atoms with E-state index in [2.05, 4.69) is 27.7 Å². The van der Waals surface area contributed by atoms with Gasteiger partial charge in [-0.2, -0.15) is 9.78 Å². The monoisotopic (exact) mass is 421 g/mol. The Balaban J connectivity index is 1.55. The van der Waals surface area contributed by atoms with Crippen molar-refractivity contribution in [3.8, 4) is 0 Å². The predicted molar refractivity (Wildman–Crippen MR) is 119 cm³/mol. The van der Waals surface area contributed by atoms with Crippen molar-refractivity contribution in [2.75, 3.05) is 18.9 Å². The number of carbonyl (C=O) groups is 2. The molecule has 31 heavy (non-hydrogen) atoms. The van der Waals surface area contributed by atoms with Crippen LogP contribution in [0.1, 0.15) is 36.6 Å². The van der Waals surface area contributed by atoms with Crippen molar-refractivity contribution < 1.29 is 14.7 Å². The highest BCUT2D eigenvalue weighted by molar-refractivity contribution is 5.95. The molecule has 3 aromatic rings. The van der Waals surface area contributed by atoms with E-state index in [1.807, 2.05) is 30.3 Å². The third-order valence-corrected chi connectivity index (χ3v) is 5.96. The molecule has 4 rings (SSSR count). The number of anilines is 1. The number of amides is 2. The van der Waals surface area contributed by atoms with Crippen molar-refractivity contribution in [2.24, 2.45) is 0 Å². The Hall–Kier alpha value is -3.39. The first-order valence-corrected chi connectivity index (χ1v) is 10.5. The van der Waals surface area contributed by atoms with Gasteiger partial charge in [0.15, 0.2) is 0 Å². The predicted octanol–water partition coefficient (Wildman–Crippen LogP) is 4.22. The molecule has 0 aliphatic carbocycles. The number of carbonyl (C=O) groups excluding carboxylic acids is 1. The number of carboxylic acid groups (broad SMARTS) is 1. The minimum atomic E-state index is -1.14. The van der Waals surface area contributed by atoms with E-state index in [1.165, 1.54) is 6.42 Å². The number of aryl methyl sites for hydroxylation is 1. The summed E-state index contributed by atoms with van der Waals surface area (Å²) in [5, 5.41) is 20.1. The van der Waals surface area contributed by atoms with Gasteiger partial charge in [-0.1, -0.05) is 36.8 Å². The summed E-state index contributed by atoms with van der Waals surface area (Å²) in [6.45, 7) is 2.76. The van der Waals surface area contributed by atoms with E-state index in [-0.39, 0.29) is 18.1 Å². The SMILES string of the molecule is Cc1nn(C(=O)O)c2ccc(NC(=O)NC(c3ccccc3)C3CCCCN3C)cc12. The van der Waals surface area contributed by atoms with Crippen LogP contribution in [0.4, 0.5) is 15.3 Å². The highest BCUT2D eigenvalue weighted by atomic mass is 16.4. The summed E-state index contributed by atoms with van der Waals surface area (Å²) in [6, 6.07) is 14.9. The molecular formula is C23H27N5O3. The Kier molecular flexibility index (Phi) is 5.90. The summed E-state index contributed by atoms with van der Waals surface area (Å²) in [6.07, 6.45) is 2.20. The fourth-order valence-corrected chi connectivity index (χ4v) is 4.38. The molecular weight excluding hydrogens is 394 g/mol. The van der Waals surface area contributed by atoms with Crippen LogP contribution in [-0.4, -0.2) is 51.5 Å². The number of likely N-dealkylation sites (N-methyl/N-ethyl adjacent to an activating group) is 1. The van der Waals surface area contributed by atoms with E-state index in [9.17, 15) is 14.7 Å². The smallest absolute Gasteiger partial charge is 0.432 e. The molecule has 0 saturated carbocycles. The number of benzene rings is 2. The molecule has 1 aromatic heterocycles. The molecule has 0 spiro atoms. The quantitative estimate of drug-likeness (QED) is 0.586. The van der Waals surface area contributed by atoms with Crippen LogP contribution in [0.25, 0.3) is 10.9 Å². The van der Waals surface area contributed by atoms with Gasteiger partial charge in [0.2, 0.25) is 0 Å². The van der Waals surface area contributed by atoms with Gasteiger partial charge >= 0.3 is 12.1 Å². The van der Waals surface area contributed by atoms with Gasteiger partial charge in [-0.25, -0.2) is 9.59 Å². The van der Waals surface area contributed by atoms with Crippen molar-refractivity contribution in [3.63, 3.8) is 0 Å². The minimum Gasteiger partial charge on any atom is -0.463 e. The lowest BCUT2D eigenvalue weighted by Crippen LogP contribution is -2.47. The lowest BCUT2D eigenvalue weighted by molar-refractivity contribution is 0.147. The van der Waals surface area contributed by atoms with Crippen molar-refractivity contribution in [1.29, 1.82) is 0 Å². The van der Waals surface area contributed by atoms with E-state index < -0.39 is 6.09 Å². The zero-order chi connectivity index (χ0) is 22.0. The topological polar surface area (TPSA) is 99.5 Å². The van der Waals surface area contributed by atoms with Crippen LogP contribution < -0.4 is 10.6 Å². The number of piperidine rings is 1.